The number of rotatable bonds is 6. The molecule has 0 saturated heterocycles. The third-order valence-electron chi connectivity index (χ3n) is 3.32. The van der Waals surface area contributed by atoms with Crippen molar-refractivity contribution in [3.05, 3.63) is 0 Å². The Bertz CT molecular complexity index is 210. The van der Waals surface area contributed by atoms with Gasteiger partial charge in [0.2, 0.25) is 5.91 Å². The summed E-state index contributed by atoms with van der Waals surface area (Å²) in [5, 5.41) is 3.06. The molecule has 15 heavy (non-hydrogen) atoms. The van der Waals surface area contributed by atoms with E-state index in [1.165, 1.54) is 6.42 Å². The van der Waals surface area contributed by atoms with Crippen molar-refractivity contribution in [2.45, 2.75) is 58.4 Å². The Hall–Kier alpha value is -0.570. The Labute approximate surface area is 92.8 Å². The van der Waals surface area contributed by atoms with Gasteiger partial charge < -0.3 is 11.1 Å². The topological polar surface area (TPSA) is 55.1 Å². The monoisotopic (exact) mass is 212 g/mol. The molecule has 1 fully saturated rings. The highest BCUT2D eigenvalue weighted by molar-refractivity contribution is 5.76. The zero-order chi connectivity index (χ0) is 11.3. The quantitative estimate of drug-likeness (QED) is 0.705. The molecule has 0 spiro atoms. The minimum atomic E-state index is 0.200. The Kier molecular flexibility index (Phi) is 4.58. The van der Waals surface area contributed by atoms with Crippen LogP contribution in [-0.2, 0) is 4.79 Å². The molecule has 88 valence electrons. The number of nitrogens with two attached hydrogens (primary N) is 1. The summed E-state index contributed by atoms with van der Waals surface area (Å²) in [7, 11) is 0. The van der Waals surface area contributed by atoms with Gasteiger partial charge in [-0.05, 0) is 44.1 Å². The van der Waals surface area contributed by atoms with Crippen LogP contribution < -0.4 is 11.1 Å². The molecule has 1 aliphatic rings. The van der Waals surface area contributed by atoms with Gasteiger partial charge in [-0.2, -0.15) is 0 Å². The van der Waals surface area contributed by atoms with Crippen LogP contribution in [0.1, 0.15) is 52.4 Å². The van der Waals surface area contributed by atoms with Crippen molar-refractivity contribution in [1.29, 1.82) is 0 Å². The highest BCUT2D eigenvalue weighted by Gasteiger charge is 2.22. The lowest BCUT2D eigenvalue weighted by molar-refractivity contribution is -0.122. The fourth-order valence-electron chi connectivity index (χ4n) is 1.82. The summed E-state index contributed by atoms with van der Waals surface area (Å²) in [4.78, 5) is 11.6. The third kappa shape index (κ3) is 4.65. The van der Waals surface area contributed by atoms with Crippen LogP contribution in [0.15, 0.2) is 0 Å². The second-order valence-corrected chi connectivity index (χ2v) is 5.40. The number of hydrogen-bond acceptors (Lipinski definition) is 2. The van der Waals surface area contributed by atoms with E-state index >= 15 is 0 Å². The number of carbonyl (C=O) groups is 1. The molecule has 3 nitrogen and oxygen atoms in total. The largest absolute Gasteiger partial charge is 0.353 e. The molecule has 3 heteroatoms. The van der Waals surface area contributed by atoms with E-state index in [2.05, 4.69) is 19.2 Å². The molecule has 0 aliphatic heterocycles. The van der Waals surface area contributed by atoms with Gasteiger partial charge in [0.05, 0.1) is 0 Å². The first-order chi connectivity index (χ1) is 7.03. The van der Waals surface area contributed by atoms with Gasteiger partial charge in [0.15, 0.2) is 0 Å². The minimum absolute atomic E-state index is 0.200. The predicted molar refractivity (Wildman–Crippen MR) is 62.5 cm³/mol. The van der Waals surface area contributed by atoms with Gasteiger partial charge in [-0.15, -0.1) is 0 Å². The Balaban J connectivity index is 2.14. The first kappa shape index (κ1) is 12.5. The molecular formula is C12H24N2O. The molecule has 0 bridgehead atoms. The van der Waals surface area contributed by atoms with E-state index < -0.39 is 0 Å². The molecule has 0 unspecified atom stereocenters. The smallest absolute Gasteiger partial charge is 0.220 e. The molecule has 0 aromatic carbocycles. The SMILES string of the molecule is CC(C)(CCN)CCC(=O)NC1CCC1. The van der Waals surface area contributed by atoms with Crippen LogP contribution in [0.5, 0.6) is 0 Å². The first-order valence-corrected chi connectivity index (χ1v) is 6.03. The van der Waals surface area contributed by atoms with E-state index in [1.54, 1.807) is 0 Å². The van der Waals surface area contributed by atoms with E-state index in [0.29, 0.717) is 19.0 Å². The molecular weight excluding hydrogens is 188 g/mol. The van der Waals surface area contributed by atoms with E-state index in [9.17, 15) is 4.79 Å². The Morgan fingerprint density at radius 2 is 2.07 bits per heavy atom. The van der Waals surface area contributed by atoms with Gasteiger partial charge in [0.25, 0.3) is 0 Å². The van der Waals surface area contributed by atoms with Gasteiger partial charge in [0.1, 0.15) is 0 Å². The summed E-state index contributed by atoms with van der Waals surface area (Å²) in [5.41, 5.74) is 5.73. The summed E-state index contributed by atoms with van der Waals surface area (Å²) >= 11 is 0. The van der Waals surface area contributed by atoms with Crippen molar-refractivity contribution in [3.63, 3.8) is 0 Å². The van der Waals surface area contributed by atoms with Crippen LogP contribution in [0.4, 0.5) is 0 Å². The molecule has 0 radical (unpaired) electrons. The second kappa shape index (κ2) is 5.50. The normalized spacial score (nSPS) is 17.3. The van der Waals surface area contributed by atoms with Crippen molar-refractivity contribution >= 4 is 5.91 Å². The molecule has 1 amide bonds. The molecule has 0 aromatic heterocycles. The fraction of sp³-hybridized carbons (Fsp3) is 0.917. The van der Waals surface area contributed by atoms with E-state index in [0.717, 1.165) is 25.7 Å². The summed E-state index contributed by atoms with van der Waals surface area (Å²) < 4.78 is 0. The number of carbonyl (C=O) groups excluding carboxylic acids is 1. The van der Waals surface area contributed by atoms with Gasteiger partial charge >= 0.3 is 0 Å². The standard InChI is InChI=1S/C12H24N2O/c1-12(2,8-9-13)7-6-11(15)14-10-4-3-5-10/h10H,3-9,13H2,1-2H3,(H,14,15). The van der Waals surface area contributed by atoms with E-state index in [-0.39, 0.29) is 11.3 Å². The van der Waals surface area contributed by atoms with Gasteiger partial charge in [0, 0.05) is 12.5 Å². The Morgan fingerprint density at radius 3 is 2.53 bits per heavy atom. The van der Waals surface area contributed by atoms with E-state index in [1.807, 2.05) is 0 Å². The van der Waals surface area contributed by atoms with Crippen LogP contribution in [0.3, 0.4) is 0 Å². The zero-order valence-electron chi connectivity index (χ0n) is 10.0. The van der Waals surface area contributed by atoms with E-state index in [4.69, 9.17) is 5.73 Å². The number of hydrogen-bond donors (Lipinski definition) is 2. The van der Waals surface area contributed by atoms with Gasteiger partial charge in [-0.3, -0.25) is 4.79 Å². The molecule has 1 saturated carbocycles. The fourth-order valence-corrected chi connectivity index (χ4v) is 1.82. The molecule has 0 heterocycles. The average Bonchev–Trinajstić information content (AvgIpc) is 2.08. The minimum Gasteiger partial charge on any atom is -0.353 e. The molecule has 3 N–H and O–H groups in total. The predicted octanol–water partition coefficient (Wildman–Crippen LogP) is 1.81. The average molecular weight is 212 g/mol. The maximum Gasteiger partial charge on any atom is 0.220 e. The molecule has 0 aromatic rings. The van der Waals surface area contributed by atoms with Crippen molar-refractivity contribution in [3.8, 4) is 0 Å². The maximum atomic E-state index is 11.6. The second-order valence-electron chi connectivity index (χ2n) is 5.40. The highest BCUT2D eigenvalue weighted by atomic mass is 16.1. The summed E-state index contributed by atoms with van der Waals surface area (Å²) in [6, 6.07) is 0.468. The van der Waals surface area contributed by atoms with Crippen molar-refractivity contribution in [1.82, 2.24) is 5.32 Å². The zero-order valence-corrected chi connectivity index (χ0v) is 10.0. The molecule has 0 atom stereocenters. The first-order valence-electron chi connectivity index (χ1n) is 6.03. The highest BCUT2D eigenvalue weighted by Crippen LogP contribution is 2.26. The van der Waals surface area contributed by atoms with Crippen molar-refractivity contribution in [2.75, 3.05) is 6.54 Å². The molecule has 1 rings (SSSR count). The number of nitrogens with one attached hydrogen (secondary N) is 1. The summed E-state index contributed by atoms with van der Waals surface area (Å²) in [5.74, 6) is 0.213. The lowest BCUT2D eigenvalue weighted by Gasteiger charge is -2.28. The lowest BCUT2D eigenvalue weighted by atomic mass is 9.84. The van der Waals surface area contributed by atoms with Crippen LogP contribution in [-0.4, -0.2) is 18.5 Å². The van der Waals surface area contributed by atoms with Crippen LogP contribution in [0.25, 0.3) is 0 Å². The Morgan fingerprint density at radius 1 is 1.40 bits per heavy atom. The van der Waals surface area contributed by atoms with Crippen LogP contribution in [0.2, 0.25) is 0 Å². The van der Waals surface area contributed by atoms with Crippen molar-refractivity contribution in [2.24, 2.45) is 11.1 Å². The van der Waals surface area contributed by atoms with Gasteiger partial charge in [-0.1, -0.05) is 13.8 Å². The maximum absolute atomic E-state index is 11.6. The summed E-state index contributed by atoms with van der Waals surface area (Å²) in [6.07, 6.45) is 6.16. The van der Waals surface area contributed by atoms with Crippen LogP contribution >= 0.6 is 0 Å². The van der Waals surface area contributed by atoms with Crippen LogP contribution in [0, 0.1) is 5.41 Å². The molecule has 1 aliphatic carbocycles. The summed E-state index contributed by atoms with van der Waals surface area (Å²) in [6.45, 7) is 5.06. The third-order valence-corrected chi connectivity index (χ3v) is 3.32. The van der Waals surface area contributed by atoms with Crippen molar-refractivity contribution < 1.29 is 4.79 Å². The number of amides is 1. The lowest BCUT2D eigenvalue weighted by Crippen LogP contribution is -2.39. The van der Waals surface area contributed by atoms with Gasteiger partial charge in [-0.25, -0.2) is 0 Å².